The maximum atomic E-state index is 5.37. The van der Waals surface area contributed by atoms with Crippen molar-refractivity contribution in [1.82, 2.24) is 10.2 Å². The molecule has 2 atom stereocenters. The van der Waals surface area contributed by atoms with Gasteiger partial charge in [0.2, 0.25) is 0 Å². The molecule has 1 saturated carbocycles. The van der Waals surface area contributed by atoms with Crippen LogP contribution in [0.1, 0.15) is 38.4 Å². The number of nitrogens with one attached hydrogen (secondary N) is 1. The Morgan fingerprint density at radius 3 is 2.70 bits per heavy atom. The summed E-state index contributed by atoms with van der Waals surface area (Å²) >= 11 is 0. The van der Waals surface area contributed by atoms with Crippen molar-refractivity contribution in [3.05, 3.63) is 24.2 Å². The second kappa shape index (κ2) is 6.33. The molecule has 1 aromatic heterocycles. The summed E-state index contributed by atoms with van der Waals surface area (Å²) in [7, 11) is 0. The highest BCUT2D eigenvalue weighted by Crippen LogP contribution is 2.35. The molecule has 20 heavy (non-hydrogen) atoms. The largest absolute Gasteiger partial charge is 0.467 e. The number of guanidine groups is 1. The molecule has 0 spiro atoms. The molecule has 0 amide bonds. The fourth-order valence-corrected chi connectivity index (χ4v) is 3.56. The Balaban J connectivity index is 1.65. The summed E-state index contributed by atoms with van der Waals surface area (Å²) in [4.78, 5) is 7.19. The number of rotatable bonds is 3. The molecule has 0 aromatic carbocycles. The number of furan rings is 1. The van der Waals surface area contributed by atoms with E-state index >= 15 is 0 Å². The summed E-state index contributed by atoms with van der Waals surface area (Å²) in [6.45, 7) is 6.03. The topological polar surface area (TPSA) is 40.8 Å². The fourth-order valence-electron chi connectivity index (χ4n) is 3.56. The highest BCUT2D eigenvalue weighted by atomic mass is 16.3. The average molecular weight is 275 g/mol. The molecule has 2 heterocycles. The van der Waals surface area contributed by atoms with Crippen molar-refractivity contribution in [2.24, 2.45) is 16.8 Å². The van der Waals surface area contributed by atoms with Gasteiger partial charge in [-0.15, -0.1) is 0 Å². The zero-order valence-electron chi connectivity index (χ0n) is 12.3. The standard InChI is InChI=1S/C16H25N3O/c1-2-17-16(18-10-15-8-5-9-20-15)19-11-13-6-3-4-7-14(13)12-19/h5,8-9,13-14H,2-4,6-7,10-12H2,1H3,(H,17,18). The maximum absolute atomic E-state index is 5.37. The highest BCUT2D eigenvalue weighted by molar-refractivity contribution is 5.80. The third-order valence-corrected chi connectivity index (χ3v) is 4.58. The van der Waals surface area contributed by atoms with Crippen molar-refractivity contribution in [2.45, 2.75) is 39.2 Å². The summed E-state index contributed by atoms with van der Waals surface area (Å²) < 4.78 is 5.37. The Labute approximate surface area is 121 Å². The van der Waals surface area contributed by atoms with Gasteiger partial charge >= 0.3 is 0 Å². The molecule has 4 heteroatoms. The van der Waals surface area contributed by atoms with Crippen LogP contribution in [-0.2, 0) is 6.54 Å². The lowest BCUT2D eigenvalue weighted by Gasteiger charge is -2.22. The van der Waals surface area contributed by atoms with Crippen molar-refractivity contribution in [3.63, 3.8) is 0 Å². The number of fused-ring (bicyclic) bond motifs is 1. The Morgan fingerprint density at radius 2 is 2.10 bits per heavy atom. The van der Waals surface area contributed by atoms with Gasteiger partial charge in [-0.1, -0.05) is 12.8 Å². The summed E-state index contributed by atoms with van der Waals surface area (Å²) in [6.07, 6.45) is 7.34. The fraction of sp³-hybridized carbons (Fsp3) is 0.688. The van der Waals surface area contributed by atoms with Gasteiger partial charge in [0.15, 0.2) is 5.96 Å². The van der Waals surface area contributed by atoms with Crippen LogP contribution in [0.4, 0.5) is 0 Å². The van der Waals surface area contributed by atoms with E-state index in [0.29, 0.717) is 6.54 Å². The van der Waals surface area contributed by atoms with Crippen LogP contribution in [0.25, 0.3) is 0 Å². The zero-order valence-corrected chi connectivity index (χ0v) is 12.3. The Morgan fingerprint density at radius 1 is 1.35 bits per heavy atom. The maximum Gasteiger partial charge on any atom is 0.194 e. The van der Waals surface area contributed by atoms with Crippen LogP contribution in [0.3, 0.4) is 0 Å². The van der Waals surface area contributed by atoms with Gasteiger partial charge in [0.1, 0.15) is 12.3 Å². The van der Waals surface area contributed by atoms with E-state index in [9.17, 15) is 0 Å². The summed E-state index contributed by atoms with van der Waals surface area (Å²) in [6, 6.07) is 3.90. The summed E-state index contributed by atoms with van der Waals surface area (Å²) in [5.74, 6) is 3.75. The van der Waals surface area contributed by atoms with Crippen LogP contribution in [0.2, 0.25) is 0 Å². The minimum Gasteiger partial charge on any atom is -0.467 e. The molecule has 1 aliphatic heterocycles. The molecule has 1 aliphatic carbocycles. The lowest BCUT2D eigenvalue weighted by atomic mass is 9.82. The lowest BCUT2D eigenvalue weighted by molar-refractivity contribution is 0.299. The molecule has 3 rings (SSSR count). The normalized spacial score (nSPS) is 26.6. The second-order valence-electron chi connectivity index (χ2n) is 5.96. The van der Waals surface area contributed by atoms with Gasteiger partial charge in [-0.05, 0) is 43.7 Å². The molecule has 4 nitrogen and oxygen atoms in total. The van der Waals surface area contributed by atoms with E-state index in [-0.39, 0.29) is 0 Å². The quantitative estimate of drug-likeness (QED) is 0.681. The van der Waals surface area contributed by atoms with Crippen LogP contribution < -0.4 is 5.32 Å². The molecule has 0 bridgehead atoms. The zero-order chi connectivity index (χ0) is 13.8. The van der Waals surface area contributed by atoms with Crippen LogP contribution in [0.5, 0.6) is 0 Å². The van der Waals surface area contributed by atoms with Crippen LogP contribution in [0, 0.1) is 11.8 Å². The summed E-state index contributed by atoms with van der Waals surface area (Å²) in [5, 5.41) is 3.43. The lowest BCUT2D eigenvalue weighted by Crippen LogP contribution is -2.40. The van der Waals surface area contributed by atoms with Crippen molar-refractivity contribution in [3.8, 4) is 0 Å². The third-order valence-electron chi connectivity index (χ3n) is 4.58. The average Bonchev–Trinajstić information content (AvgIpc) is 3.12. The Kier molecular flexibility index (Phi) is 4.28. The molecule has 1 saturated heterocycles. The molecule has 2 aliphatic rings. The molecule has 1 aromatic rings. The summed E-state index contributed by atoms with van der Waals surface area (Å²) in [5.41, 5.74) is 0. The van der Waals surface area contributed by atoms with Gasteiger partial charge in [0.05, 0.1) is 6.26 Å². The van der Waals surface area contributed by atoms with Crippen molar-refractivity contribution >= 4 is 5.96 Å². The second-order valence-corrected chi connectivity index (χ2v) is 5.96. The van der Waals surface area contributed by atoms with Crippen molar-refractivity contribution in [1.29, 1.82) is 0 Å². The molecule has 110 valence electrons. The smallest absolute Gasteiger partial charge is 0.194 e. The van der Waals surface area contributed by atoms with E-state index in [4.69, 9.17) is 9.41 Å². The van der Waals surface area contributed by atoms with Crippen LogP contribution >= 0.6 is 0 Å². The Hall–Kier alpha value is -1.45. The molecule has 0 radical (unpaired) electrons. The molecule has 1 N–H and O–H groups in total. The predicted octanol–water partition coefficient (Wildman–Crippen LogP) is 2.87. The van der Waals surface area contributed by atoms with E-state index in [2.05, 4.69) is 17.1 Å². The van der Waals surface area contributed by atoms with Gasteiger partial charge in [-0.2, -0.15) is 0 Å². The number of likely N-dealkylation sites (tertiary alicyclic amines) is 1. The van der Waals surface area contributed by atoms with Crippen molar-refractivity contribution in [2.75, 3.05) is 19.6 Å². The first-order valence-electron chi connectivity index (χ1n) is 7.92. The number of hydrogen-bond donors (Lipinski definition) is 1. The number of aliphatic imine (C=N–C) groups is 1. The van der Waals surface area contributed by atoms with E-state index in [1.807, 2.05) is 12.1 Å². The molecular weight excluding hydrogens is 250 g/mol. The predicted molar refractivity (Wildman–Crippen MR) is 80.5 cm³/mol. The first-order valence-corrected chi connectivity index (χ1v) is 7.92. The van der Waals surface area contributed by atoms with Gasteiger partial charge < -0.3 is 14.6 Å². The SMILES string of the molecule is CCNC(=NCc1ccco1)N1CC2CCCCC2C1. The van der Waals surface area contributed by atoms with Crippen molar-refractivity contribution < 1.29 is 4.42 Å². The number of hydrogen-bond acceptors (Lipinski definition) is 2. The van der Waals surface area contributed by atoms with E-state index < -0.39 is 0 Å². The van der Waals surface area contributed by atoms with E-state index in [1.165, 1.54) is 38.8 Å². The van der Waals surface area contributed by atoms with Crippen LogP contribution in [-0.4, -0.2) is 30.5 Å². The van der Waals surface area contributed by atoms with E-state index in [1.54, 1.807) is 6.26 Å². The van der Waals surface area contributed by atoms with Gasteiger partial charge in [-0.25, -0.2) is 4.99 Å². The molecule has 2 fully saturated rings. The highest BCUT2D eigenvalue weighted by Gasteiger charge is 2.35. The monoisotopic (exact) mass is 275 g/mol. The first kappa shape index (κ1) is 13.5. The number of nitrogens with zero attached hydrogens (tertiary/aromatic N) is 2. The molecule has 2 unspecified atom stereocenters. The van der Waals surface area contributed by atoms with Gasteiger partial charge in [0, 0.05) is 19.6 Å². The van der Waals surface area contributed by atoms with Gasteiger partial charge in [-0.3, -0.25) is 0 Å². The minimum absolute atomic E-state index is 0.626. The minimum atomic E-state index is 0.626. The Bertz CT molecular complexity index is 427. The first-order chi connectivity index (χ1) is 9.86. The van der Waals surface area contributed by atoms with Crippen LogP contribution in [0.15, 0.2) is 27.8 Å². The molecular formula is C16H25N3O. The third kappa shape index (κ3) is 3.00. The van der Waals surface area contributed by atoms with Gasteiger partial charge in [0.25, 0.3) is 0 Å². The van der Waals surface area contributed by atoms with E-state index in [0.717, 1.165) is 30.1 Å².